The minimum Gasteiger partial charge on any atom is -0.372 e. The Morgan fingerprint density at radius 1 is 1.10 bits per heavy atom. The van der Waals surface area contributed by atoms with Crippen molar-refractivity contribution < 1.29 is 4.79 Å². The topological polar surface area (TPSA) is 32.3 Å². The summed E-state index contributed by atoms with van der Waals surface area (Å²) in [6.07, 6.45) is 0.789. The summed E-state index contributed by atoms with van der Waals surface area (Å²) in [6.45, 7) is 4.75. The molecule has 3 rings (SSSR count). The van der Waals surface area contributed by atoms with Crippen LogP contribution in [-0.2, 0) is 11.3 Å². The van der Waals surface area contributed by atoms with E-state index in [4.69, 9.17) is 0 Å². The first kappa shape index (κ1) is 13.7. The third-order valence-corrected chi connectivity index (χ3v) is 4.09. The fraction of sp³-hybridized carbons (Fsp3) is 0.278. The summed E-state index contributed by atoms with van der Waals surface area (Å²) in [4.78, 5) is 14.6. The number of nitrogens with zero attached hydrogens (tertiary/aromatic N) is 1. The van der Waals surface area contributed by atoms with Crippen LogP contribution < -0.4 is 10.2 Å². The lowest BCUT2D eigenvalue weighted by Crippen LogP contribution is -2.46. The van der Waals surface area contributed by atoms with Crippen LogP contribution in [0.15, 0.2) is 48.5 Å². The highest BCUT2D eigenvalue weighted by Crippen LogP contribution is 2.33. The van der Waals surface area contributed by atoms with Crippen molar-refractivity contribution in [3.8, 4) is 0 Å². The van der Waals surface area contributed by atoms with E-state index in [1.54, 1.807) is 0 Å². The molecule has 1 aliphatic heterocycles. The van der Waals surface area contributed by atoms with E-state index in [2.05, 4.69) is 24.4 Å². The smallest absolute Gasteiger partial charge is 0.249 e. The summed E-state index contributed by atoms with van der Waals surface area (Å²) in [7, 11) is 0. The van der Waals surface area contributed by atoms with Gasteiger partial charge in [-0.3, -0.25) is 4.79 Å². The molecule has 1 atom stereocenters. The Morgan fingerprint density at radius 3 is 2.57 bits per heavy atom. The van der Waals surface area contributed by atoms with Gasteiger partial charge in [-0.15, -0.1) is 0 Å². The number of rotatable bonds is 3. The van der Waals surface area contributed by atoms with Crippen LogP contribution in [0.1, 0.15) is 24.5 Å². The van der Waals surface area contributed by atoms with Crippen LogP contribution >= 0.6 is 0 Å². The van der Waals surface area contributed by atoms with Crippen molar-refractivity contribution in [3.63, 3.8) is 0 Å². The molecule has 0 saturated carbocycles. The fourth-order valence-electron chi connectivity index (χ4n) is 2.78. The quantitative estimate of drug-likeness (QED) is 0.929. The van der Waals surface area contributed by atoms with Crippen LogP contribution in [0.25, 0.3) is 0 Å². The molecular weight excluding hydrogens is 260 g/mol. The first-order valence-electron chi connectivity index (χ1n) is 7.42. The van der Waals surface area contributed by atoms with E-state index in [-0.39, 0.29) is 11.9 Å². The molecule has 1 unspecified atom stereocenters. The number of nitrogens with one attached hydrogen (secondary N) is 1. The van der Waals surface area contributed by atoms with Crippen molar-refractivity contribution in [2.24, 2.45) is 0 Å². The number of anilines is 2. The standard InChI is InChI=1S/C18H20N2O/c1-3-15-18(21)20(12-14-9-5-4-8-13(14)2)17-11-7-6-10-16(17)19-15/h4-11,15,19H,3,12H2,1-2H3. The molecule has 2 aromatic rings. The van der Waals surface area contributed by atoms with Gasteiger partial charge < -0.3 is 10.2 Å². The maximum Gasteiger partial charge on any atom is 0.249 e. The van der Waals surface area contributed by atoms with Crippen LogP contribution in [0.5, 0.6) is 0 Å². The lowest BCUT2D eigenvalue weighted by molar-refractivity contribution is -0.119. The number of aryl methyl sites for hydroxylation is 1. The van der Waals surface area contributed by atoms with Crippen LogP contribution in [0.2, 0.25) is 0 Å². The van der Waals surface area contributed by atoms with E-state index in [0.29, 0.717) is 6.54 Å². The van der Waals surface area contributed by atoms with Gasteiger partial charge in [-0.05, 0) is 36.6 Å². The van der Waals surface area contributed by atoms with Gasteiger partial charge in [0, 0.05) is 0 Å². The molecule has 1 amide bonds. The van der Waals surface area contributed by atoms with Crippen LogP contribution in [-0.4, -0.2) is 11.9 Å². The Labute approximate surface area is 125 Å². The number of amides is 1. The van der Waals surface area contributed by atoms with Crippen LogP contribution in [0.3, 0.4) is 0 Å². The van der Waals surface area contributed by atoms with Gasteiger partial charge in [-0.2, -0.15) is 0 Å². The Hall–Kier alpha value is -2.29. The van der Waals surface area contributed by atoms with E-state index in [1.807, 2.05) is 48.2 Å². The monoisotopic (exact) mass is 280 g/mol. The number of carbonyl (C=O) groups excluding carboxylic acids is 1. The lowest BCUT2D eigenvalue weighted by Gasteiger charge is -2.35. The van der Waals surface area contributed by atoms with E-state index < -0.39 is 0 Å². The fourth-order valence-corrected chi connectivity index (χ4v) is 2.78. The normalized spacial score (nSPS) is 17.3. The third kappa shape index (κ3) is 2.51. The number of para-hydroxylation sites is 2. The zero-order valence-corrected chi connectivity index (χ0v) is 12.5. The van der Waals surface area contributed by atoms with E-state index in [1.165, 1.54) is 11.1 Å². The average Bonchev–Trinajstić information content (AvgIpc) is 2.51. The predicted octanol–water partition coefficient (Wildman–Crippen LogP) is 3.73. The molecule has 0 radical (unpaired) electrons. The Morgan fingerprint density at radius 2 is 1.81 bits per heavy atom. The lowest BCUT2D eigenvalue weighted by atomic mass is 10.0. The highest BCUT2D eigenvalue weighted by molar-refractivity contribution is 6.04. The minimum absolute atomic E-state index is 0.135. The Kier molecular flexibility index (Phi) is 3.65. The zero-order valence-electron chi connectivity index (χ0n) is 12.5. The Balaban J connectivity index is 1.99. The number of benzene rings is 2. The van der Waals surface area contributed by atoms with Gasteiger partial charge in [0.05, 0.1) is 17.9 Å². The molecular formula is C18H20N2O. The first-order valence-corrected chi connectivity index (χ1v) is 7.42. The average molecular weight is 280 g/mol. The maximum absolute atomic E-state index is 12.7. The largest absolute Gasteiger partial charge is 0.372 e. The molecule has 3 nitrogen and oxygen atoms in total. The molecule has 3 heteroatoms. The van der Waals surface area contributed by atoms with Gasteiger partial charge in [0.1, 0.15) is 6.04 Å². The van der Waals surface area contributed by atoms with Gasteiger partial charge in [-0.25, -0.2) is 0 Å². The highest BCUT2D eigenvalue weighted by atomic mass is 16.2. The van der Waals surface area contributed by atoms with Crippen molar-refractivity contribution in [2.75, 3.05) is 10.2 Å². The summed E-state index contributed by atoms with van der Waals surface area (Å²) in [5.74, 6) is 0.152. The molecule has 2 aromatic carbocycles. The second kappa shape index (κ2) is 5.60. The van der Waals surface area contributed by atoms with Crippen LogP contribution in [0, 0.1) is 6.92 Å². The van der Waals surface area contributed by atoms with Gasteiger partial charge in [0.25, 0.3) is 0 Å². The molecule has 0 saturated heterocycles. The van der Waals surface area contributed by atoms with Crippen molar-refractivity contribution in [1.29, 1.82) is 0 Å². The van der Waals surface area contributed by atoms with E-state index in [0.717, 1.165) is 17.8 Å². The van der Waals surface area contributed by atoms with E-state index >= 15 is 0 Å². The molecule has 1 aliphatic rings. The van der Waals surface area contributed by atoms with Gasteiger partial charge in [0.2, 0.25) is 5.91 Å². The van der Waals surface area contributed by atoms with Crippen molar-refractivity contribution in [2.45, 2.75) is 32.9 Å². The number of fused-ring (bicyclic) bond motifs is 1. The molecule has 1 N–H and O–H groups in total. The molecule has 21 heavy (non-hydrogen) atoms. The molecule has 1 heterocycles. The van der Waals surface area contributed by atoms with Gasteiger partial charge >= 0.3 is 0 Å². The molecule has 0 fully saturated rings. The number of hydrogen-bond donors (Lipinski definition) is 1. The Bertz CT molecular complexity index is 666. The predicted molar refractivity (Wildman–Crippen MR) is 86.5 cm³/mol. The maximum atomic E-state index is 12.7. The second-order valence-electron chi connectivity index (χ2n) is 5.47. The summed E-state index contributed by atoms with van der Waals surface area (Å²) in [5, 5.41) is 3.34. The summed E-state index contributed by atoms with van der Waals surface area (Å²) in [6, 6.07) is 16.1. The van der Waals surface area contributed by atoms with Crippen LogP contribution in [0.4, 0.5) is 11.4 Å². The van der Waals surface area contributed by atoms with Crippen molar-refractivity contribution >= 4 is 17.3 Å². The van der Waals surface area contributed by atoms with E-state index in [9.17, 15) is 4.79 Å². The second-order valence-corrected chi connectivity index (χ2v) is 5.47. The molecule has 0 bridgehead atoms. The summed E-state index contributed by atoms with van der Waals surface area (Å²) in [5.41, 5.74) is 4.42. The van der Waals surface area contributed by atoms with Crippen molar-refractivity contribution in [1.82, 2.24) is 0 Å². The van der Waals surface area contributed by atoms with Gasteiger partial charge in [-0.1, -0.05) is 43.3 Å². The zero-order chi connectivity index (χ0) is 14.8. The minimum atomic E-state index is -0.135. The summed E-state index contributed by atoms with van der Waals surface area (Å²) >= 11 is 0. The molecule has 0 spiro atoms. The highest BCUT2D eigenvalue weighted by Gasteiger charge is 2.31. The molecule has 0 aromatic heterocycles. The van der Waals surface area contributed by atoms with Gasteiger partial charge in [0.15, 0.2) is 0 Å². The number of hydrogen-bond acceptors (Lipinski definition) is 2. The SMILES string of the molecule is CCC1Nc2ccccc2N(Cc2ccccc2C)C1=O. The number of carbonyl (C=O) groups is 1. The van der Waals surface area contributed by atoms with Crippen molar-refractivity contribution in [3.05, 3.63) is 59.7 Å². The first-order chi connectivity index (χ1) is 10.2. The molecule has 108 valence electrons. The third-order valence-electron chi connectivity index (χ3n) is 4.09. The molecule has 0 aliphatic carbocycles. The summed E-state index contributed by atoms with van der Waals surface area (Å²) < 4.78 is 0.